The Morgan fingerprint density at radius 3 is 2.12 bits per heavy atom. The highest BCUT2D eigenvalue weighted by molar-refractivity contribution is 4.78. The molecule has 0 aromatic rings. The van der Waals surface area contributed by atoms with E-state index in [0.29, 0.717) is 12.1 Å². The van der Waals surface area contributed by atoms with Gasteiger partial charge in [0.25, 0.3) is 0 Å². The summed E-state index contributed by atoms with van der Waals surface area (Å²) in [5.41, 5.74) is 0. The minimum Gasteiger partial charge on any atom is -0.380 e. The summed E-state index contributed by atoms with van der Waals surface area (Å²) in [7, 11) is 1.85. The fraction of sp³-hybridized carbons (Fsp3) is 1.00. The van der Waals surface area contributed by atoms with Crippen LogP contribution < -0.4 is 5.32 Å². The van der Waals surface area contributed by atoms with E-state index in [0.717, 1.165) is 18.9 Å². The summed E-state index contributed by atoms with van der Waals surface area (Å²) < 4.78 is 5.67. The van der Waals surface area contributed by atoms with Crippen LogP contribution in [0, 0.1) is 5.92 Å². The highest BCUT2D eigenvalue weighted by Crippen LogP contribution is 2.18. The maximum Gasteiger partial charge on any atom is 0.0724 e. The summed E-state index contributed by atoms with van der Waals surface area (Å²) in [4.78, 5) is 0. The van der Waals surface area contributed by atoms with Gasteiger partial charge in [0, 0.05) is 13.2 Å². The zero-order valence-corrected chi connectivity index (χ0v) is 12.6. The first kappa shape index (κ1) is 16.9. The molecule has 0 bridgehead atoms. The molecule has 2 nitrogen and oxygen atoms in total. The third-order valence-corrected chi connectivity index (χ3v) is 3.42. The van der Waals surface area contributed by atoms with Crippen molar-refractivity contribution in [3.05, 3.63) is 0 Å². The van der Waals surface area contributed by atoms with Crippen LogP contribution in [0.5, 0.6) is 0 Å². The van der Waals surface area contributed by atoms with Crippen LogP contribution in [0.2, 0.25) is 0 Å². The first-order valence-corrected chi connectivity index (χ1v) is 7.45. The number of ether oxygens (including phenoxy) is 1. The quantitative estimate of drug-likeness (QED) is 0.592. The second-order valence-electron chi connectivity index (χ2n) is 5.25. The molecular weight excluding hydrogens is 210 g/mol. The van der Waals surface area contributed by atoms with E-state index in [1.165, 1.54) is 32.1 Å². The summed E-state index contributed by atoms with van der Waals surface area (Å²) in [6.45, 7) is 10.2. The molecule has 0 aliphatic heterocycles. The maximum absolute atomic E-state index is 5.67. The Bertz CT molecular complexity index is 161. The topological polar surface area (TPSA) is 21.3 Å². The van der Waals surface area contributed by atoms with Crippen molar-refractivity contribution in [1.82, 2.24) is 5.32 Å². The highest BCUT2D eigenvalue weighted by Gasteiger charge is 2.21. The van der Waals surface area contributed by atoms with E-state index in [9.17, 15) is 0 Å². The van der Waals surface area contributed by atoms with Crippen LogP contribution >= 0.6 is 0 Å². The Labute approximate surface area is 109 Å². The van der Waals surface area contributed by atoms with E-state index in [-0.39, 0.29) is 0 Å². The number of hydrogen-bond donors (Lipinski definition) is 1. The molecule has 0 amide bonds. The molecule has 1 N–H and O–H groups in total. The van der Waals surface area contributed by atoms with Gasteiger partial charge in [-0.05, 0) is 31.7 Å². The van der Waals surface area contributed by atoms with Crippen molar-refractivity contribution >= 4 is 0 Å². The molecule has 17 heavy (non-hydrogen) atoms. The van der Waals surface area contributed by atoms with Gasteiger partial charge in [0.2, 0.25) is 0 Å². The minimum atomic E-state index is 0.380. The molecule has 0 radical (unpaired) electrons. The summed E-state index contributed by atoms with van der Waals surface area (Å²) in [6, 6.07) is 0.529. The number of nitrogens with one attached hydrogen (secondary N) is 1. The largest absolute Gasteiger partial charge is 0.380 e. The monoisotopic (exact) mass is 243 g/mol. The van der Waals surface area contributed by atoms with Gasteiger partial charge >= 0.3 is 0 Å². The second kappa shape index (κ2) is 11.0. The molecule has 2 heteroatoms. The normalized spacial score (nSPS) is 16.8. The third-order valence-electron chi connectivity index (χ3n) is 3.42. The minimum absolute atomic E-state index is 0.380. The van der Waals surface area contributed by atoms with Crippen molar-refractivity contribution in [2.45, 2.75) is 78.4 Å². The predicted octanol–water partition coefficient (Wildman–Crippen LogP) is 4.00. The summed E-state index contributed by atoms with van der Waals surface area (Å²) in [5.74, 6) is 0.795. The van der Waals surface area contributed by atoms with Gasteiger partial charge in [-0.2, -0.15) is 0 Å². The number of rotatable bonds is 11. The lowest BCUT2D eigenvalue weighted by Gasteiger charge is -2.29. The second-order valence-corrected chi connectivity index (χ2v) is 5.25. The first-order chi connectivity index (χ1) is 8.19. The molecule has 104 valence electrons. The zero-order chi connectivity index (χ0) is 13.1. The van der Waals surface area contributed by atoms with E-state index < -0.39 is 0 Å². The Morgan fingerprint density at radius 1 is 1.00 bits per heavy atom. The average Bonchev–Trinajstić information content (AvgIpc) is 2.32. The maximum atomic E-state index is 5.67. The van der Waals surface area contributed by atoms with Gasteiger partial charge in [0.15, 0.2) is 0 Å². The molecule has 0 aliphatic rings. The van der Waals surface area contributed by atoms with Crippen LogP contribution in [0.25, 0.3) is 0 Å². The van der Waals surface area contributed by atoms with E-state index in [1.807, 2.05) is 7.11 Å². The molecule has 0 fully saturated rings. The SMILES string of the molecule is CCCNC(CC(C)CCC)C(CCC)OC. The van der Waals surface area contributed by atoms with Crippen LogP contribution in [0.15, 0.2) is 0 Å². The highest BCUT2D eigenvalue weighted by atomic mass is 16.5. The van der Waals surface area contributed by atoms with Gasteiger partial charge in [-0.25, -0.2) is 0 Å². The van der Waals surface area contributed by atoms with Gasteiger partial charge in [-0.3, -0.25) is 0 Å². The lowest BCUT2D eigenvalue weighted by molar-refractivity contribution is 0.0529. The van der Waals surface area contributed by atoms with Crippen LogP contribution in [0.4, 0.5) is 0 Å². The van der Waals surface area contributed by atoms with Crippen molar-refractivity contribution in [1.29, 1.82) is 0 Å². The fourth-order valence-electron chi connectivity index (χ4n) is 2.51. The summed E-state index contributed by atoms with van der Waals surface area (Å²) in [6.07, 6.45) is 7.79. The lowest BCUT2D eigenvalue weighted by atomic mass is 9.92. The molecule has 0 aromatic heterocycles. The Balaban J connectivity index is 4.27. The molecule has 3 atom stereocenters. The van der Waals surface area contributed by atoms with E-state index in [4.69, 9.17) is 4.74 Å². The van der Waals surface area contributed by atoms with Crippen LogP contribution in [-0.2, 0) is 4.74 Å². The van der Waals surface area contributed by atoms with Crippen LogP contribution in [0.3, 0.4) is 0 Å². The smallest absolute Gasteiger partial charge is 0.0724 e. The molecule has 0 aromatic carbocycles. The van der Waals surface area contributed by atoms with Crippen molar-refractivity contribution in [3.8, 4) is 0 Å². The van der Waals surface area contributed by atoms with E-state index in [1.54, 1.807) is 0 Å². The molecule has 0 heterocycles. The fourth-order valence-corrected chi connectivity index (χ4v) is 2.51. The Morgan fingerprint density at radius 2 is 1.65 bits per heavy atom. The van der Waals surface area contributed by atoms with Gasteiger partial charge in [0.05, 0.1) is 6.10 Å². The van der Waals surface area contributed by atoms with Gasteiger partial charge in [0.1, 0.15) is 0 Å². The van der Waals surface area contributed by atoms with Crippen molar-refractivity contribution in [3.63, 3.8) is 0 Å². The van der Waals surface area contributed by atoms with Crippen molar-refractivity contribution in [2.24, 2.45) is 5.92 Å². The van der Waals surface area contributed by atoms with E-state index in [2.05, 4.69) is 33.0 Å². The van der Waals surface area contributed by atoms with E-state index >= 15 is 0 Å². The van der Waals surface area contributed by atoms with Gasteiger partial charge < -0.3 is 10.1 Å². The number of hydrogen-bond acceptors (Lipinski definition) is 2. The Kier molecular flexibility index (Phi) is 11.0. The number of methoxy groups -OCH3 is 1. The van der Waals surface area contributed by atoms with Gasteiger partial charge in [-0.15, -0.1) is 0 Å². The molecule has 3 unspecified atom stereocenters. The predicted molar refractivity (Wildman–Crippen MR) is 76.5 cm³/mol. The first-order valence-electron chi connectivity index (χ1n) is 7.45. The Hall–Kier alpha value is -0.0800. The van der Waals surface area contributed by atoms with Gasteiger partial charge in [-0.1, -0.05) is 47.0 Å². The molecule has 0 saturated carbocycles. The van der Waals surface area contributed by atoms with Crippen LogP contribution in [0.1, 0.15) is 66.2 Å². The zero-order valence-electron chi connectivity index (χ0n) is 12.6. The molecule has 0 aliphatic carbocycles. The molecule has 0 rings (SSSR count). The standard InChI is InChI=1S/C15H33NO/c1-6-9-13(4)12-14(16-11-8-3)15(17-5)10-7-2/h13-16H,6-12H2,1-5H3. The molecular formula is C15H33NO. The molecule has 0 spiro atoms. The average molecular weight is 243 g/mol. The van der Waals surface area contributed by atoms with Crippen LogP contribution in [-0.4, -0.2) is 25.8 Å². The van der Waals surface area contributed by atoms with Crippen molar-refractivity contribution < 1.29 is 4.74 Å². The van der Waals surface area contributed by atoms with Crippen molar-refractivity contribution in [2.75, 3.05) is 13.7 Å². The lowest BCUT2D eigenvalue weighted by Crippen LogP contribution is -2.42. The summed E-state index contributed by atoms with van der Waals surface area (Å²) in [5, 5.41) is 3.67. The summed E-state index contributed by atoms with van der Waals surface area (Å²) >= 11 is 0. The molecule has 0 saturated heterocycles. The third kappa shape index (κ3) is 7.77.